The van der Waals surface area contributed by atoms with Crippen molar-refractivity contribution >= 4 is 22.9 Å². The fourth-order valence-corrected chi connectivity index (χ4v) is 2.73. The van der Waals surface area contributed by atoms with Crippen molar-refractivity contribution in [3.8, 4) is 0 Å². The molecule has 0 aliphatic heterocycles. The third kappa shape index (κ3) is 3.56. The van der Waals surface area contributed by atoms with Crippen molar-refractivity contribution in [2.45, 2.75) is 26.4 Å². The first-order valence-corrected chi connectivity index (χ1v) is 6.89. The Balaban J connectivity index is 1.92. The first kappa shape index (κ1) is 12.6. The molecule has 0 saturated heterocycles. The average Bonchev–Trinajstić information content (AvgIpc) is 2.75. The number of nitrogens with one attached hydrogen (secondary N) is 1. The number of hydrogen-bond donors (Lipinski definition) is 1. The van der Waals surface area contributed by atoms with E-state index in [1.807, 2.05) is 6.07 Å². The van der Waals surface area contributed by atoms with Gasteiger partial charge in [-0.1, -0.05) is 41.4 Å². The van der Waals surface area contributed by atoms with Crippen LogP contribution in [0.1, 0.15) is 29.0 Å². The second-order valence-corrected chi connectivity index (χ2v) is 5.98. The third-order valence-electron chi connectivity index (χ3n) is 2.75. The standard InChI is InChI=1S/C14H16ClNS/c1-10-3-5-12(6-4-10)9-16-11(2)13-7-8-14(15)17-13/h3-8,11,16H,9H2,1-2H3. The Morgan fingerprint density at radius 2 is 1.88 bits per heavy atom. The van der Waals surface area contributed by atoms with Gasteiger partial charge in [0.25, 0.3) is 0 Å². The van der Waals surface area contributed by atoms with E-state index in [1.165, 1.54) is 16.0 Å². The molecule has 0 amide bonds. The van der Waals surface area contributed by atoms with Crippen molar-refractivity contribution in [2.75, 3.05) is 0 Å². The maximum Gasteiger partial charge on any atom is 0.0931 e. The smallest absolute Gasteiger partial charge is 0.0931 e. The molecule has 1 unspecified atom stereocenters. The van der Waals surface area contributed by atoms with Crippen molar-refractivity contribution < 1.29 is 0 Å². The molecule has 0 radical (unpaired) electrons. The van der Waals surface area contributed by atoms with Gasteiger partial charge in [-0.2, -0.15) is 0 Å². The predicted molar refractivity (Wildman–Crippen MR) is 75.8 cm³/mol. The van der Waals surface area contributed by atoms with Crippen molar-refractivity contribution in [1.29, 1.82) is 0 Å². The topological polar surface area (TPSA) is 12.0 Å². The second kappa shape index (κ2) is 5.67. The van der Waals surface area contributed by atoms with E-state index in [4.69, 9.17) is 11.6 Å². The van der Waals surface area contributed by atoms with Crippen LogP contribution in [0.15, 0.2) is 36.4 Å². The van der Waals surface area contributed by atoms with E-state index >= 15 is 0 Å². The Hall–Kier alpha value is -0.830. The molecule has 1 heterocycles. The quantitative estimate of drug-likeness (QED) is 0.855. The summed E-state index contributed by atoms with van der Waals surface area (Å²) in [6.07, 6.45) is 0. The van der Waals surface area contributed by atoms with E-state index in [0.29, 0.717) is 6.04 Å². The largest absolute Gasteiger partial charge is 0.305 e. The molecule has 1 nitrogen and oxygen atoms in total. The Morgan fingerprint density at radius 3 is 2.47 bits per heavy atom. The number of halogens is 1. The lowest BCUT2D eigenvalue weighted by atomic mass is 10.1. The van der Waals surface area contributed by atoms with Gasteiger partial charge in [0, 0.05) is 17.5 Å². The maximum atomic E-state index is 5.93. The summed E-state index contributed by atoms with van der Waals surface area (Å²) in [7, 11) is 0. The molecule has 0 aliphatic carbocycles. The fraction of sp³-hybridized carbons (Fsp3) is 0.286. The molecule has 0 saturated carbocycles. The minimum atomic E-state index is 0.341. The number of aryl methyl sites for hydroxylation is 1. The first-order valence-electron chi connectivity index (χ1n) is 5.69. The lowest BCUT2D eigenvalue weighted by Gasteiger charge is -2.12. The van der Waals surface area contributed by atoms with E-state index in [9.17, 15) is 0 Å². The molecule has 1 aromatic carbocycles. The summed E-state index contributed by atoms with van der Waals surface area (Å²) in [5, 5.41) is 3.50. The van der Waals surface area contributed by atoms with Crippen molar-refractivity contribution in [3.05, 3.63) is 56.7 Å². The van der Waals surface area contributed by atoms with Crippen LogP contribution in [0.3, 0.4) is 0 Å². The van der Waals surface area contributed by atoms with Crippen LogP contribution in [-0.4, -0.2) is 0 Å². The first-order chi connectivity index (χ1) is 8.15. The summed E-state index contributed by atoms with van der Waals surface area (Å²) in [6.45, 7) is 5.15. The SMILES string of the molecule is Cc1ccc(CNC(C)c2ccc(Cl)s2)cc1. The number of hydrogen-bond acceptors (Lipinski definition) is 2. The van der Waals surface area contributed by atoms with Gasteiger partial charge in [-0.05, 0) is 31.5 Å². The second-order valence-electron chi connectivity index (χ2n) is 4.23. The third-order valence-corrected chi connectivity index (χ3v) is 4.17. The molecule has 1 aromatic heterocycles. The van der Waals surface area contributed by atoms with Crippen LogP contribution < -0.4 is 5.32 Å². The molecule has 2 rings (SSSR count). The van der Waals surface area contributed by atoms with Gasteiger partial charge in [-0.25, -0.2) is 0 Å². The van der Waals surface area contributed by atoms with Crippen LogP contribution in [0.4, 0.5) is 0 Å². The van der Waals surface area contributed by atoms with Gasteiger partial charge < -0.3 is 5.32 Å². The lowest BCUT2D eigenvalue weighted by Crippen LogP contribution is -2.16. The van der Waals surface area contributed by atoms with Gasteiger partial charge in [0.05, 0.1) is 4.34 Å². The molecule has 90 valence electrons. The Bertz CT molecular complexity index is 475. The number of rotatable bonds is 4. The highest BCUT2D eigenvalue weighted by Gasteiger charge is 2.07. The molecule has 17 heavy (non-hydrogen) atoms. The highest BCUT2D eigenvalue weighted by molar-refractivity contribution is 7.16. The minimum absolute atomic E-state index is 0.341. The van der Waals surface area contributed by atoms with E-state index in [2.05, 4.69) is 49.5 Å². The average molecular weight is 266 g/mol. The molecule has 2 aromatic rings. The fourth-order valence-electron chi connectivity index (χ4n) is 1.64. The zero-order valence-corrected chi connectivity index (χ0v) is 11.6. The van der Waals surface area contributed by atoms with Crippen LogP contribution in [0.25, 0.3) is 0 Å². The predicted octanol–water partition coefficient (Wildman–Crippen LogP) is 4.56. The molecule has 0 fully saturated rings. The lowest BCUT2D eigenvalue weighted by molar-refractivity contribution is 0.583. The Labute approximate surface area is 111 Å². The molecule has 1 atom stereocenters. The van der Waals surface area contributed by atoms with Crippen molar-refractivity contribution in [1.82, 2.24) is 5.32 Å². The van der Waals surface area contributed by atoms with Crippen molar-refractivity contribution in [2.24, 2.45) is 0 Å². The van der Waals surface area contributed by atoms with Gasteiger partial charge in [0.15, 0.2) is 0 Å². The van der Waals surface area contributed by atoms with E-state index in [0.717, 1.165) is 10.9 Å². The van der Waals surface area contributed by atoms with Gasteiger partial charge >= 0.3 is 0 Å². The molecule has 0 aliphatic rings. The van der Waals surface area contributed by atoms with Gasteiger partial charge in [0.1, 0.15) is 0 Å². The highest BCUT2D eigenvalue weighted by atomic mass is 35.5. The molecular formula is C14H16ClNS. The summed E-state index contributed by atoms with van der Waals surface area (Å²) >= 11 is 7.57. The number of benzene rings is 1. The highest BCUT2D eigenvalue weighted by Crippen LogP contribution is 2.26. The summed E-state index contributed by atoms with van der Waals surface area (Å²) in [4.78, 5) is 1.28. The van der Waals surface area contributed by atoms with Gasteiger partial charge in [0.2, 0.25) is 0 Å². The molecule has 0 spiro atoms. The minimum Gasteiger partial charge on any atom is -0.305 e. The molecule has 3 heteroatoms. The summed E-state index contributed by atoms with van der Waals surface area (Å²) < 4.78 is 0.851. The summed E-state index contributed by atoms with van der Waals surface area (Å²) in [5.41, 5.74) is 2.61. The van der Waals surface area contributed by atoms with Crippen LogP contribution in [0.2, 0.25) is 4.34 Å². The van der Waals surface area contributed by atoms with E-state index < -0.39 is 0 Å². The summed E-state index contributed by atoms with van der Waals surface area (Å²) in [6, 6.07) is 13.0. The molecule has 0 bridgehead atoms. The summed E-state index contributed by atoms with van der Waals surface area (Å²) in [5.74, 6) is 0. The normalized spacial score (nSPS) is 12.6. The maximum absolute atomic E-state index is 5.93. The molecule has 1 N–H and O–H groups in total. The number of thiophene rings is 1. The van der Waals surface area contributed by atoms with Crippen LogP contribution in [0.5, 0.6) is 0 Å². The van der Waals surface area contributed by atoms with Crippen LogP contribution >= 0.6 is 22.9 Å². The zero-order valence-electron chi connectivity index (χ0n) is 10.0. The Kier molecular flexibility index (Phi) is 4.21. The van der Waals surface area contributed by atoms with Gasteiger partial charge in [-0.15, -0.1) is 11.3 Å². The van der Waals surface area contributed by atoms with Crippen LogP contribution in [0, 0.1) is 6.92 Å². The van der Waals surface area contributed by atoms with Crippen molar-refractivity contribution in [3.63, 3.8) is 0 Å². The van der Waals surface area contributed by atoms with E-state index in [-0.39, 0.29) is 0 Å². The molecular weight excluding hydrogens is 250 g/mol. The monoisotopic (exact) mass is 265 g/mol. The Morgan fingerprint density at radius 1 is 1.18 bits per heavy atom. The van der Waals surface area contributed by atoms with E-state index in [1.54, 1.807) is 11.3 Å². The zero-order chi connectivity index (χ0) is 12.3. The van der Waals surface area contributed by atoms with Gasteiger partial charge in [-0.3, -0.25) is 0 Å². The van der Waals surface area contributed by atoms with Crippen LogP contribution in [-0.2, 0) is 6.54 Å².